The van der Waals surface area contributed by atoms with E-state index in [-0.39, 0.29) is 25.0 Å². The Labute approximate surface area is 81.3 Å². The molecular formula is C8H14N2O4. The van der Waals surface area contributed by atoms with Crippen molar-refractivity contribution in [2.75, 3.05) is 13.2 Å². The number of aliphatic hydroxyl groups excluding tert-OH is 2. The average Bonchev–Trinajstić information content (AvgIpc) is 2.16. The van der Waals surface area contributed by atoms with E-state index in [2.05, 4.69) is 10.6 Å². The minimum Gasteiger partial charge on any atom is -0.394 e. The maximum absolute atomic E-state index is 11.2. The molecule has 1 aliphatic rings. The van der Waals surface area contributed by atoms with E-state index in [0.717, 1.165) is 0 Å². The fourth-order valence-corrected chi connectivity index (χ4v) is 1.23. The summed E-state index contributed by atoms with van der Waals surface area (Å²) in [5.41, 5.74) is 0. The number of hydrogen-bond acceptors (Lipinski definition) is 5. The lowest BCUT2D eigenvalue weighted by molar-refractivity contribution is -0.134. The van der Waals surface area contributed by atoms with Crippen molar-refractivity contribution < 1.29 is 19.8 Å². The van der Waals surface area contributed by atoms with E-state index in [1.165, 1.54) is 0 Å². The number of carbonyl (C=O) groups excluding carboxylic acids is 2. The molecule has 0 aromatic carbocycles. The van der Waals surface area contributed by atoms with Gasteiger partial charge < -0.3 is 15.5 Å². The first-order valence-corrected chi connectivity index (χ1v) is 4.49. The van der Waals surface area contributed by atoms with Gasteiger partial charge >= 0.3 is 0 Å². The summed E-state index contributed by atoms with van der Waals surface area (Å²) in [5, 5.41) is 22.5. The lowest BCUT2D eigenvalue weighted by Gasteiger charge is -2.22. The second-order valence-corrected chi connectivity index (χ2v) is 3.25. The Morgan fingerprint density at radius 3 is 2.86 bits per heavy atom. The summed E-state index contributed by atoms with van der Waals surface area (Å²) in [4.78, 5) is 21.9. The van der Waals surface area contributed by atoms with Crippen LogP contribution in [0.5, 0.6) is 0 Å². The van der Waals surface area contributed by atoms with Crippen molar-refractivity contribution in [2.45, 2.75) is 25.0 Å². The number of hydrogen-bond donors (Lipinski definition) is 4. The Morgan fingerprint density at radius 2 is 2.29 bits per heavy atom. The van der Waals surface area contributed by atoms with E-state index in [1.807, 2.05) is 0 Å². The van der Waals surface area contributed by atoms with E-state index in [4.69, 9.17) is 10.2 Å². The lowest BCUT2D eigenvalue weighted by Crippen LogP contribution is -2.52. The zero-order valence-electron chi connectivity index (χ0n) is 7.69. The van der Waals surface area contributed by atoms with Gasteiger partial charge in [0.2, 0.25) is 11.8 Å². The molecule has 0 aromatic rings. The third-order valence-corrected chi connectivity index (χ3v) is 2.05. The molecule has 1 aliphatic heterocycles. The first-order valence-electron chi connectivity index (χ1n) is 4.49. The van der Waals surface area contributed by atoms with Crippen LogP contribution in [0.25, 0.3) is 0 Å². The Balaban J connectivity index is 2.31. The highest BCUT2D eigenvalue weighted by Gasteiger charge is 2.26. The van der Waals surface area contributed by atoms with Crippen LogP contribution in [-0.4, -0.2) is 47.3 Å². The molecule has 0 saturated carbocycles. The van der Waals surface area contributed by atoms with Crippen LogP contribution >= 0.6 is 0 Å². The number of rotatable bonds is 4. The summed E-state index contributed by atoms with van der Waals surface area (Å²) >= 11 is 0. The molecule has 4 N–H and O–H groups in total. The molecule has 80 valence electrons. The van der Waals surface area contributed by atoms with Crippen LogP contribution in [0.15, 0.2) is 0 Å². The van der Waals surface area contributed by atoms with Crippen LogP contribution < -0.4 is 10.6 Å². The summed E-state index contributed by atoms with van der Waals surface area (Å²) in [6, 6.07) is -0.450. The maximum Gasteiger partial charge on any atom is 0.243 e. The van der Waals surface area contributed by atoms with Gasteiger partial charge in [-0.3, -0.25) is 14.9 Å². The van der Waals surface area contributed by atoms with Crippen LogP contribution in [0, 0.1) is 0 Å². The van der Waals surface area contributed by atoms with Crippen molar-refractivity contribution in [2.24, 2.45) is 0 Å². The summed E-state index contributed by atoms with van der Waals surface area (Å²) < 4.78 is 0. The van der Waals surface area contributed by atoms with Crippen LogP contribution in [-0.2, 0) is 9.59 Å². The monoisotopic (exact) mass is 202 g/mol. The van der Waals surface area contributed by atoms with Crippen molar-refractivity contribution in [3.63, 3.8) is 0 Å². The molecule has 1 saturated heterocycles. The molecule has 1 unspecified atom stereocenters. The zero-order chi connectivity index (χ0) is 10.6. The van der Waals surface area contributed by atoms with Gasteiger partial charge in [-0.25, -0.2) is 0 Å². The minimum atomic E-state index is -0.875. The topological polar surface area (TPSA) is 98.7 Å². The summed E-state index contributed by atoms with van der Waals surface area (Å²) in [5.74, 6) is -0.637. The second kappa shape index (κ2) is 5.04. The number of imide groups is 1. The molecule has 2 atom stereocenters. The highest BCUT2D eigenvalue weighted by Crippen LogP contribution is 2.03. The molecule has 0 radical (unpaired) electrons. The van der Waals surface area contributed by atoms with Gasteiger partial charge in [0.1, 0.15) is 0 Å². The number of carbonyl (C=O) groups is 2. The largest absolute Gasteiger partial charge is 0.394 e. The van der Waals surface area contributed by atoms with Gasteiger partial charge in [0.05, 0.1) is 18.8 Å². The summed E-state index contributed by atoms with van der Waals surface area (Å²) in [7, 11) is 0. The Bertz CT molecular complexity index is 231. The van der Waals surface area contributed by atoms with Gasteiger partial charge in [-0.2, -0.15) is 0 Å². The van der Waals surface area contributed by atoms with E-state index in [0.29, 0.717) is 12.8 Å². The normalized spacial score (nSPS) is 24.6. The molecule has 2 amide bonds. The fourth-order valence-electron chi connectivity index (χ4n) is 1.23. The molecule has 0 aliphatic carbocycles. The fraction of sp³-hybridized carbons (Fsp3) is 0.750. The molecule has 1 fully saturated rings. The van der Waals surface area contributed by atoms with Crippen molar-refractivity contribution in [1.29, 1.82) is 0 Å². The molecule has 14 heavy (non-hydrogen) atoms. The van der Waals surface area contributed by atoms with Crippen molar-refractivity contribution in [3.8, 4) is 0 Å². The molecule has 6 nitrogen and oxygen atoms in total. The van der Waals surface area contributed by atoms with E-state index < -0.39 is 12.1 Å². The summed E-state index contributed by atoms with van der Waals surface area (Å²) in [6.07, 6.45) is -0.137. The average molecular weight is 202 g/mol. The van der Waals surface area contributed by atoms with Crippen LogP contribution in [0.1, 0.15) is 12.8 Å². The first-order chi connectivity index (χ1) is 6.63. The van der Waals surface area contributed by atoms with E-state index in [1.54, 1.807) is 0 Å². The number of amides is 2. The van der Waals surface area contributed by atoms with Crippen molar-refractivity contribution >= 4 is 11.8 Å². The highest BCUT2D eigenvalue weighted by molar-refractivity contribution is 6.00. The highest BCUT2D eigenvalue weighted by atomic mass is 16.3. The number of aliphatic hydroxyl groups is 2. The SMILES string of the molecule is O=C1CCC(NC[C@H](O)CO)C(=O)N1. The minimum absolute atomic E-state index is 0.142. The molecule has 0 aromatic heterocycles. The van der Waals surface area contributed by atoms with Crippen LogP contribution in [0.3, 0.4) is 0 Å². The van der Waals surface area contributed by atoms with Crippen molar-refractivity contribution in [1.82, 2.24) is 10.6 Å². The number of piperidine rings is 1. The first kappa shape index (κ1) is 11.1. The van der Waals surface area contributed by atoms with Gasteiger partial charge in [0.15, 0.2) is 0 Å². The third-order valence-electron chi connectivity index (χ3n) is 2.05. The van der Waals surface area contributed by atoms with Gasteiger partial charge in [-0.1, -0.05) is 0 Å². The molecule has 1 heterocycles. The van der Waals surface area contributed by atoms with Crippen LogP contribution in [0.2, 0.25) is 0 Å². The van der Waals surface area contributed by atoms with Gasteiger partial charge in [0.25, 0.3) is 0 Å². The Hall–Kier alpha value is -0.980. The Kier molecular flexibility index (Phi) is 3.99. The zero-order valence-corrected chi connectivity index (χ0v) is 7.69. The molecule has 0 bridgehead atoms. The number of nitrogens with one attached hydrogen (secondary N) is 2. The quantitative estimate of drug-likeness (QED) is 0.385. The Morgan fingerprint density at radius 1 is 1.57 bits per heavy atom. The van der Waals surface area contributed by atoms with Gasteiger partial charge in [0, 0.05) is 13.0 Å². The van der Waals surface area contributed by atoms with Gasteiger partial charge in [-0.05, 0) is 6.42 Å². The lowest BCUT2D eigenvalue weighted by atomic mass is 10.1. The van der Waals surface area contributed by atoms with Crippen LogP contribution in [0.4, 0.5) is 0 Å². The third kappa shape index (κ3) is 3.06. The maximum atomic E-state index is 11.2. The predicted molar refractivity (Wildman–Crippen MR) is 47.3 cm³/mol. The van der Waals surface area contributed by atoms with Crippen molar-refractivity contribution in [3.05, 3.63) is 0 Å². The smallest absolute Gasteiger partial charge is 0.243 e. The summed E-state index contributed by atoms with van der Waals surface area (Å²) in [6.45, 7) is -0.205. The molecule has 6 heteroatoms. The van der Waals surface area contributed by atoms with E-state index in [9.17, 15) is 9.59 Å². The van der Waals surface area contributed by atoms with E-state index >= 15 is 0 Å². The molecule has 0 spiro atoms. The second-order valence-electron chi connectivity index (χ2n) is 3.25. The standard InChI is InChI=1S/C8H14N2O4/c11-4-5(12)3-9-6-1-2-7(13)10-8(6)14/h5-6,9,11-12H,1-4H2,(H,10,13,14)/t5-,6?/m0/s1. The van der Waals surface area contributed by atoms with Gasteiger partial charge in [-0.15, -0.1) is 0 Å². The molecular weight excluding hydrogens is 188 g/mol. The molecule has 1 rings (SSSR count). The predicted octanol–water partition coefficient (Wildman–Crippen LogP) is -2.27.